The number of carbonyl (C=O) groups excluding carboxylic acids is 1. The molecule has 15 heteroatoms. The van der Waals surface area contributed by atoms with Gasteiger partial charge in [-0.05, 0) is 31.9 Å². The average Bonchev–Trinajstić information content (AvgIpc) is 3.54. The van der Waals surface area contributed by atoms with E-state index < -0.39 is 27.4 Å². The Hall–Kier alpha value is -3.49. The van der Waals surface area contributed by atoms with Gasteiger partial charge in [-0.25, -0.2) is 18.4 Å². The molecule has 2 N–H and O–H groups in total. The number of aromatic nitrogens is 5. The van der Waals surface area contributed by atoms with Gasteiger partial charge in [-0.15, -0.1) is 10.2 Å². The molecule has 4 rings (SSSR count). The minimum Gasteiger partial charge on any atom is -0.494 e. The lowest BCUT2D eigenvalue weighted by Gasteiger charge is -2.24. The number of carbonyl (C=O) groups is 1. The predicted octanol–water partition coefficient (Wildman–Crippen LogP) is 2.98. The maximum absolute atomic E-state index is 13.7. The first-order chi connectivity index (χ1) is 18.7. The highest BCUT2D eigenvalue weighted by atomic mass is 35.5. The van der Waals surface area contributed by atoms with Crippen LogP contribution < -0.4 is 19.5 Å². The van der Waals surface area contributed by atoms with E-state index >= 15 is 0 Å². The molecule has 3 atom stereocenters. The summed E-state index contributed by atoms with van der Waals surface area (Å²) in [6.45, 7) is 3.68. The molecule has 1 saturated heterocycles. The number of nitrogens with one attached hydrogen (secondary N) is 2. The third-order valence-electron chi connectivity index (χ3n) is 6.17. The zero-order valence-electron chi connectivity index (χ0n) is 21.9. The first-order valence-corrected chi connectivity index (χ1v) is 14.2. The summed E-state index contributed by atoms with van der Waals surface area (Å²) in [5, 5.41) is 10.4. The van der Waals surface area contributed by atoms with E-state index in [9.17, 15) is 13.2 Å². The molecule has 13 nitrogen and oxygen atoms in total. The van der Waals surface area contributed by atoms with Crippen LogP contribution in [0.5, 0.6) is 11.5 Å². The summed E-state index contributed by atoms with van der Waals surface area (Å²) < 4.78 is 48.5. The van der Waals surface area contributed by atoms with Gasteiger partial charge in [0.2, 0.25) is 21.9 Å². The number of anilines is 1. The number of amides is 1. The van der Waals surface area contributed by atoms with Crippen molar-refractivity contribution in [1.82, 2.24) is 30.0 Å². The van der Waals surface area contributed by atoms with Crippen LogP contribution in [0.2, 0.25) is 5.02 Å². The van der Waals surface area contributed by atoms with E-state index in [1.807, 2.05) is 6.92 Å². The lowest BCUT2D eigenvalue weighted by Crippen LogP contribution is -2.34. The normalized spacial score (nSPS) is 16.9. The Labute approximate surface area is 231 Å². The maximum Gasteiger partial charge on any atom is 0.243 e. The number of para-hydroxylation sites is 1. The van der Waals surface area contributed by atoms with E-state index in [1.54, 1.807) is 18.2 Å². The molecular formula is C24H30ClN7O6S. The Morgan fingerprint density at radius 3 is 2.41 bits per heavy atom. The van der Waals surface area contributed by atoms with E-state index in [0.29, 0.717) is 47.3 Å². The number of hydrogen-bond acceptors (Lipinski definition) is 10. The standard InChI is InChI=1S/C24H30ClN7O6S/c1-5-11-38-21(22-26-12-15(25)13-27-22)14(2)39(34,35)31-24-30-29-23(16-9-10-19(33)28-16)32(24)20-17(36-3)7-6-8-18(20)37-4/h6-8,12-14,16,21H,5,9-11H2,1-4H3,(H,28,33)(H,30,31)/t14-,16-,21+/m0/s1. The van der Waals surface area contributed by atoms with Crippen LogP contribution in [-0.4, -0.2) is 65.1 Å². The van der Waals surface area contributed by atoms with Crippen molar-refractivity contribution >= 4 is 33.5 Å². The molecule has 210 valence electrons. The number of benzene rings is 1. The van der Waals surface area contributed by atoms with Gasteiger partial charge in [0.15, 0.2) is 11.6 Å². The van der Waals surface area contributed by atoms with Crippen LogP contribution in [0.15, 0.2) is 30.6 Å². The van der Waals surface area contributed by atoms with Crippen molar-refractivity contribution in [2.45, 2.75) is 50.5 Å². The average molecular weight is 580 g/mol. The second kappa shape index (κ2) is 12.1. The number of nitrogens with zero attached hydrogens (tertiary/aromatic N) is 5. The van der Waals surface area contributed by atoms with Crippen molar-refractivity contribution < 1.29 is 27.4 Å². The molecule has 1 amide bonds. The van der Waals surface area contributed by atoms with Crippen LogP contribution in [0.25, 0.3) is 5.69 Å². The lowest BCUT2D eigenvalue weighted by atomic mass is 10.2. The van der Waals surface area contributed by atoms with Crippen LogP contribution in [0.3, 0.4) is 0 Å². The molecular weight excluding hydrogens is 550 g/mol. The highest BCUT2D eigenvalue weighted by Gasteiger charge is 2.37. The fourth-order valence-electron chi connectivity index (χ4n) is 4.19. The molecule has 0 aliphatic carbocycles. The Morgan fingerprint density at radius 1 is 1.18 bits per heavy atom. The summed E-state index contributed by atoms with van der Waals surface area (Å²) in [4.78, 5) is 20.4. The number of methoxy groups -OCH3 is 2. The molecule has 1 aromatic carbocycles. The van der Waals surface area contributed by atoms with E-state index in [-0.39, 0.29) is 24.3 Å². The van der Waals surface area contributed by atoms with E-state index in [4.69, 9.17) is 25.8 Å². The van der Waals surface area contributed by atoms with Gasteiger partial charge in [-0.3, -0.25) is 14.1 Å². The summed E-state index contributed by atoms with van der Waals surface area (Å²) in [6.07, 6.45) is 3.18. The Balaban J connectivity index is 1.78. The fourth-order valence-corrected chi connectivity index (χ4v) is 5.38. The van der Waals surface area contributed by atoms with Crippen molar-refractivity contribution in [1.29, 1.82) is 0 Å². The number of hydrogen-bond donors (Lipinski definition) is 2. The highest BCUT2D eigenvalue weighted by Crippen LogP contribution is 2.38. The molecule has 39 heavy (non-hydrogen) atoms. The fraction of sp³-hybridized carbons (Fsp3) is 0.458. The summed E-state index contributed by atoms with van der Waals surface area (Å²) in [6, 6.07) is 4.62. The summed E-state index contributed by atoms with van der Waals surface area (Å²) in [5.41, 5.74) is 0.369. The Bertz CT molecular complexity index is 1390. The van der Waals surface area contributed by atoms with Crippen molar-refractivity contribution in [2.24, 2.45) is 0 Å². The summed E-state index contributed by atoms with van der Waals surface area (Å²) >= 11 is 5.93. The molecule has 3 heterocycles. The summed E-state index contributed by atoms with van der Waals surface area (Å²) in [7, 11) is -1.21. The van der Waals surface area contributed by atoms with Gasteiger partial charge < -0.3 is 19.5 Å². The van der Waals surface area contributed by atoms with Crippen LogP contribution in [0.4, 0.5) is 5.95 Å². The van der Waals surface area contributed by atoms with E-state index in [1.165, 1.54) is 38.1 Å². The van der Waals surface area contributed by atoms with Gasteiger partial charge in [0.1, 0.15) is 28.5 Å². The second-order valence-electron chi connectivity index (χ2n) is 8.79. The van der Waals surface area contributed by atoms with Crippen LogP contribution in [-0.2, 0) is 19.6 Å². The third-order valence-corrected chi connectivity index (χ3v) is 8.05. The Kier molecular flexibility index (Phi) is 8.87. The van der Waals surface area contributed by atoms with Crippen molar-refractivity contribution in [3.63, 3.8) is 0 Å². The first kappa shape index (κ1) is 28.5. The van der Waals surface area contributed by atoms with Gasteiger partial charge in [-0.2, -0.15) is 0 Å². The van der Waals surface area contributed by atoms with Crippen LogP contribution >= 0.6 is 11.6 Å². The number of ether oxygens (including phenoxy) is 3. The quantitative estimate of drug-likeness (QED) is 0.326. The smallest absolute Gasteiger partial charge is 0.243 e. The minimum atomic E-state index is -4.17. The van der Waals surface area contributed by atoms with E-state index in [0.717, 1.165) is 0 Å². The Morgan fingerprint density at radius 2 is 1.85 bits per heavy atom. The van der Waals surface area contributed by atoms with Crippen molar-refractivity contribution in [3.8, 4) is 17.2 Å². The molecule has 1 aliphatic heterocycles. The topological polar surface area (TPSA) is 159 Å². The monoisotopic (exact) mass is 579 g/mol. The van der Waals surface area contributed by atoms with Crippen LogP contribution in [0, 0.1) is 0 Å². The van der Waals surface area contributed by atoms with Crippen molar-refractivity contribution in [3.05, 3.63) is 47.3 Å². The number of sulfonamides is 1. The van der Waals surface area contributed by atoms with Gasteiger partial charge in [-0.1, -0.05) is 24.6 Å². The minimum absolute atomic E-state index is 0.118. The molecule has 0 radical (unpaired) electrons. The molecule has 1 fully saturated rings. The molecule has 0 bridgehead atoms. The molecule has 0 spiro atoms. The molecule has 1 aliphatic rings. The first-order valence-electron chi connectivity index (χ1n) is 12.3. The maximum atomic E-state index is 13.7. The zero-order chi connectivity index (χ0) is 28.2. The lowest BCUT2D eigenvalue weighted by molar-refractivity contribution is -0.119. The SMILES string of the molecule is CCCO[C@@H](c1ncc(Cl)cn1)[C@H](C)S(=O)(=O)Nc1nnc([C@@H]2CCC(=O)N2)n1-c1c(OC)cccc1OC. The van der Waals surface area contributed by atoms with Crippen LogP contribution in [0.1, 0.15) is 56.9 Å². The zero-order valence-corrected chi connectivity index (χ0v) is 23.5. The summed E-state index contributed by atoms with van der Waals surface area (Å²) in [5.74, 6) is 0.990. The van der Waals surface area contributed by atoms with Crippen molar-refractivity contribution in [2.75, 3.05) is 25.5 Å². The number of rotatable bonds is 12. The van der Waals surface area contributed by atoms with Gasteiger partial charge >= 0.3 is 0 Å². The second-order valence-corrected chi connectivity index (χ2v) is 11.3. The largest absolute Gasteiger partial charge is 0.494 e. The molecule has 0 unspecified atom stereocenters. The van der Waals surface area contributed by atoms with Gasteiger partial charge in [0.05, 0.1) is 25.3 Å². The third kappa shape index (κ3) is 6.07. The highest BCUT2D eigenvalue weighted by molar-refractivity contribution is 7.93. The van der Waals surface area contributed by atoms with Gasteiger partial charge in [0, 0.05) is 25.4 Å². The molecule has 2 aromatic heterocycles. The van der Waals surface area contributed by atoms with E-state index in [2.05, 4.69) is 30.2 Å². The van der Waals surface area contributed by atoms with Gasteiger partial charge in [0.25, 0.3) is 0 Å². The number of halogens is 1. The predicted molar refractivity (Wildman–Crippen MR) is 143 cm³/mol. The molecule has 3 aromatic rings. The molecule has 0 saturated carbocycles.